The van der Waals surface area contributed by atoms with Crippen molar-refractivity contribution in [2.24, 2.45) is 0 Å². The van der Waals surface area contributed by atoms with Crippen molar-refractivity contribution >= 4 is 16.9 Å². The summed E-state index contributed by atoms with van der Waals surface area (Å²) in [5, 5.41) is 3.11. The molecular formula is C38H51N3O. The fourth-order valence-corrected chi connectivity index (χ4v) is 5.83. The number of unbranched alkanes of at least 4 members (excludes halogenated alkanes) is 11. The molecule has 4 nitrogen and oxygen atoms in total. The summed E-state index contributed by atoms with van der Waals surface area (Å²) in [6, 6.07) is 27.2. The molecule has 4 heteroatoms. The van der Waals surface area contributed by atoms with Crippen molar-refractivity contribution in [3.05, 3.63) is 90.3 Å². The van der Waals surface area contributed by atoms with Gasteiger partial charge in [0.2, 0.25) is 5.91 Å². The first-order chi connectivity index (χ1) is 20.7. The number of aromatic nitrogens is 2. The number of benzene rings is 3. The van der Waals surface area contributed by atoms with E-state index < -0.39 is 0 Å². The van der Waals surface area contributed by atoms with Gasteiger partial charge in [-0.25, -0.2) is 4.98 Å². The molecule has 0 saturated carbocycles. The van der Waals surface area contributed by atoms with Crippen LogP contribution in [0.2, 0.25) is 0 Å². The molecule has 0 unspecified atom stereocenters. The summed E-state index contributed by atoms with van der Waals surface area (Å²) < 4.78 is 2.46. The lowest BCUT2D eigenvalue weighted by Crippen LogP contribution is -2.26. The molecular weight excluding hydrogens is 514 g/mol. The Kier molecular flexibility index (Phi) is 13.7. The van der Waals surface area contributed by atoms with Gasteiger partial charge in [-0.15, -0.1) is 0 Å². The number of nitrogens with zero attached hydrogens (tertiary/aromatic N) is 2. The minimum atomic E-state index is 0.0979. The first kappa shape index (κ1) is 31.5. The lowest BCUT2D eigenvalue weighted by atomic mass is 10.0. The Morgan fingerprint density at radius 3 is 2.02 bits per heavy atom. The highest BCUT2D eigenvalue weighted by Crippen LogP contribution is 2.21. The summed E-state index contributed by atoms with van der Waals surface area (Å²) in [5.41, 5.74) is 5.81. The number of fused-ring (bicyclic) bond motifs is 1. The molecule has 1 aromatic heterocycles. The van der Waals surface area contributed by atoms with Crippen molar-refractivity contribution in [1.82, 2.24) is 14.9 Å². The second kappa shape index (κ2) is 18.2. The monoisotopic (exact) mass is 565 g/mol. The quantitative estimate of drug-likeness (QED) is 0.108. The van der Waals surface area contributed by atoms with E-state index in [1.807, 2.05) is 18.2 Å². The van der Waals surface area contributed by atoms with Gasteiger partial charge in [0.25, 0.3) is 0 Å². The van der Waals surface area contributed by atoms with E-state index in [1.54, 1.807) is 0 Å². The Bertz CT molecular complexity index is 1310. The number of hydrogen-bond donors (Lipinski definition) is 1. The van der Waals surface area contributed by atoms with Crippen molar-refractivity contribution in [2.45, 2.75) is 110 Å². The zero-order valence-electron chi connectivity index (χ0n) is 25.8. The molecule has 0 fully saturated rings. The fraction of sp³-hybridized carbons (Fsp3) is 0.474. The summed E-state index contributed by atoms with van der Waals surface area (Å²) in [6.45, 7) is 4.08. The molecule has 0 radical (unpaired) electrons. The molecule has 1 amide bonds. The van der Waals surface area contributed by atoms with E-state index >= 15 is 0 Å². The molecule has 0 spiro atoms. The van der Waals surface area contributed by atoms with Gasteiger partial charge < -0.3 is 9.88 Å². The van der Waals surface area contributed by atoms with Crippen LogP contribution in [0.4, 0.5) is 0 Å². The van der Waals surface area contributed by atoms with E-state index in [4.69, 9.17) is 4.98 Å². The van der Waals surface area contributed by atoms with E-state index in [-0.39, 0.29) is 5.91 Å². The normalized spacial score (nSPS) is 11.3. The van der Waals surface area contributed by atoms with Crippen LogP contribution in [0.15, 0.2) is 78.9 Å². The molecule has 0 aliphatic heterocycles. The SMILES string of the molecule is CCCCCCCCCCCCn1c(CCCCCNC(=O)Cc2ccc(-c3ccccc3)cc2)nc2ccccc21. The maximum Gasteiger partial charge on any atom is 0.224 e. The molecule has 1 N–H and O–H groups in total. The third-order valence-electron chi connectivity index (χ3n) is 8.29. The highest BCUT2D eigenvalue weighted by molar-refractivity contribution is 5.79. The Labute approximate surface area is 254 Å². The highest BCUT2D eigenvalue weighted by Gasteiger charge is 2.10. The lowest BCUT2D eigenvalue weighted by molar-refractivity contribution is -0.120. The Morgan fingerprint density at radius 2 is 1.29 bits per heavy atom. The summed E-state index contributed by atoms with van der Waals surface area (Å²) >= 11 is 0. The van der Waals surface area contributed by atoms with Crippen LogP contribution in [-0.4, -0.2) is 22.0 Å². The van der Waals surface area contributed by atoms with E-state index in [1.165, 1.54) is 86.7 Å². The van der Waals surface area contributed by atoms with Gasteiger partial charge in [-0.05, 0) is 48.1 Å². The molecule has 0 atom stereocenters. The van der Waals surface area contributed by atoms with Crippen molar-refractivity contribution in [1.29, 1.82) is 0 Å². The second-order valence-corrected chi connectivity index (χ2v) is 11.8. The van der Waals surface area contributed by atoms with Crippen molar-refractivity contribution in [3.8, 4) is 11.1 Å². The molecule has 3 aromatic carbocycles. The Hall–Kier alpha value is -3.40. The van der Waals surface area contributed by atoms with Gasteiger partial charge in [0.1, 0.15) is 5.82 Å². The summed E-state index contributed by atoms with van der Waals surface area (Å²) in [4.78, 5) is 17.5. The van der Waals surface area contributed by atoms with Crippen LogP contribution in [-0.2, 0) is 24.2 Å². The lowest BCUT2D eigenvalue weighted by Gasteiger charge is -2.10. The van der Waals surface area contributed by atoms with Gasteiger partial charge in [-0.3, -0.25) is 4.79 Å². The zero-order chi connectivity index (χ0) is 29.2. The van der Waals surface area contributed by atoms with E-state index in [0.29, 0.717) is 6.42 Å². The van der Waals surface area contributed by atoms with Crippen LogP contribution in [0.3, 0.4) is 0 Å². The number of nitrogens with one attached hydrogen (secondary N) is 1. The topological polar surface area (TPSA) is 46.9 Å². The Balaban J connectivity index is 1.12. The standard InChI is InChI=1S/C38H51N3O/c1-2-3-4-5-6-7-8-9-10-19-30-41-36-23-17-16-22-35(36)40-37(41)24-15-12-18-29-39-38(42)31-32-25-27-34(28-26-32)33-20-13-11-14-21-33/h11,13-14,16-17,20-23,25-28H,2-10,12,15,18-19,24,29-31H2,1H3,(H,39,42). The number of rotatable bonds is 20. The molecule has 224 valence electrons. The average Bonchev–Trinajstić information content (AvgIpc) is 3.37. The van der Waals surface area contributed by atoms with Crippen LogP contribution in [0.5, 0.6) is 0 Å². The van der Waals surface area contributed by atoms with Gasteiger partial charge >= 0.3 is 0 Å². The molecule has 0 bridgehead atoms. The van der Waals surface area contributed by atoms with Crippen molar-refractivity contribution < 1.29 is 4.79 Å². The average molecular weight is 566 g/mol. The predicted molar refractivity (Wildman–Crippen MR) is 178 cm³/mol. The van der Waals surface area contributed by atoms with Crippen LogP contribution in [0.25, 0.3) is 22.2 Å². The summed E-state index contributed by atoms with van der Waals surface area (Å²) in [5.74, 6) is 1.32. The number of imidazole rings is 1. The zero-order valence-corrected chi connectivity index (χ0v) is 25.8. The largest absolute Gasteiger partial charge is 0.356 e. The maximum atomic E-state index is 12.5. The third-order valence-corrected chi connectivity index (χ3v) is 8.29. The second-order valence-electron chi connectivity index (χ2n) is 11.8. The molecule has 4 rings (SSSR count). The van der Waals surface area contributed by atoms with E-state index in [2.05, 4.69) is 77.5 Å². The van der Waals surface area contributed by atoms with Crippen molar-refractivity contribution in [2.75, 3.05) is 6.54 Å². The van der Waals surface area contributed by atoms with E-state index in [0.717, 1.165) is 49.9 Å². The van der Waals surface area contributed by atoms with Crippen molar-refractivity contribution in [3.63, 3.8) is 0 Å². The van der Waals surface area contributed by atoms with Crippen LogP contribution >= 0.6 is 0 Å². The molecule has 0 aliphatic carbocycles. The fourth-order valence-electron chi connectivity index (χ4n) is 5.83. The molecule has 42 heavy (non-hydrogen) atoms. The number of amides is 1. The highest BCUT2D eigenvalue weighted by atomic mass is 16.1. The molecule has 0 aliphatic rings. The Morgan fingerprint density at radius 1 is 0.667 bits per heavy atom. The van der Waals surface area contributed by atoms with Crippen LogP contribution < -0.4 is 5.32 Å². The number of para-hydroxylation sites is 2. The van der Waals surface area contributed by atoms with E-state index in [9.17, 15) is 4.79 Å². The predicted octanol–water partition coefficient (Wildman–Crippen LogP) is 9.70. The van der Waals surface area contributed by atoms with Crippen LogP contribution in [0.1, 0.15) is 102 Å². The molecule has 0 saturated heterocycles. The number of carbonyl (C=O) groups is 1. The number of aryl methyl sites for hydroxylation is 2. The van der Waals surface area contributed by atoms with Gasteiger partial charge in [-0.2, -0.15) is 0 Å². The molecule has 1 heterocycles. The smallest absolute Gasteiger partial charge is 0.224 e. The number of carbonyl (C=O) groups excluding carboxylic acids is 1. The third kappa shape index (κ3) is 10.5. The van der Waals surface area contributed by atoms with Gasteiger partial charge in [-0.1, -0.05) is 138 Å². The minimum absolute atomic E-state index is 0.0979. The first-order valence-corrected chi connectivity index (χ1v) is 16.6. The summed E-state index contributed by atoms with van der Waals surface area (Å²) in [6.07, 6.45) is 18.2. The van der Waals surface area contributed by atoms with Gasteiger partial charge in [0.15, 0.2) is 0 Å². The molecule has 4 aromatic rings. The van der Waals surface area contributed by atoms with Gasteiger partial charge in [0, 0.05) is 19.5 Å². The van der Waals surface area contributed by atoms with Gasteiger partial charge in [0.05, 0.1) is 17.5 Å². The summed E-state index contributed by atoms with van der Waals surface area (Å²) in [7, 11) is 0. The first-order valence-electron chi connectivity index (χ1n) is 16.6. The number of hydrogen-bond acceptors (Lipinski definition) is 2. The minimum Gasteiger partial charge on any atom is -0.356 e. The maximum absolute atomic E-state index is 12.5. The van der Waals surface area contributed by atoms with Crippen LogP contribution in [0, 0.1) is 0 Å².